The SMILES string of the molecule is Cc1ccc(C(C)C)c(OCc2ccc(C(=O)N/N=C\c3ccncc3)cc2)c1. The second-order valence-corrected chi connectivity index (χ2v) is 7.16. The molecule has 5 nitrogen and oxygen atoms in total. The zero-order valence-corrected chi connectivity index (χ0v) is 16.9. The number of hydrogen-bond donors (Lipinski definition) is 1. The number of pyridine rings is 1. The topological polar surface area (TPSA) is 63.6 Å². The summed E-state index contributed by atoms with van der Waals surface area (Å²) in [4.78, 5) is 16.2. The molecule has 5 heteroatoms. The molecular weight excluding hydrogens is 362 g/mol. The predicted molar refractivity (Wildman–Crippen MR) is 115 cm³/mol. The Balaban J connectivity index is 1.58. The molecule has 29 heavy (non-hydrogen) atoms. The van der Waals surface area contributed by atoms with E-state index < -0.39 is 0 Å². The maximum atomic E-state index is 12.2. The molecule has 0 fully saturated rings. The lowest BCUT2D eigenvalue weighted by Crippen LogP contribution is -2.17. The Hall–Kier alpha value is -3.47. The molecule has 2 aromatic carbocycles. The molecule has 0 aliphatic rings. The number of aromatic nitrogens is 1. The van der Waals surface area contributed by atoms with Gasteiger partial charge in [-0.1, -0.05) is 38.1 Å². The lowest BCUT2D eigenvalue weighted by Gasteiger charge is -2.15. The van der Waals surface area contributed by atoms with Crippen molar-refractivity contribution in [1.29, 1.82) is 0 Å². The number of carbonyl (C=O) groups is 1. The van der Waals surface area contributed by atoms with Gasteiger partial charge in [-0.05, 0) is 65.4 Å². The second kappa shape index (κ2) is 9.64. The highest BCUT2D eigenvalue weighted by molar-refractivity contribution is 5.94. The van der Waals surface area contributed by atoms with Gasteiger partial charge in [0.15, 0.2) is 0 Å². The number of hydrazone groups is 1. The highest BCUT2D eigenvalue weighted by Gasteiger charge is 2.09. The zero-order chi connectivity index (χ0) is 20.6. The largest absolute Gasteiger partial charge is 0.489 e. The van der Waals surface area contributed by atoms with Crippen LogP contribution >= 0.6 is 0 Å². The summed E-state index contributed by atoms with van der Waals surface area (Å²) in [6, 6.07) is 17.2. The Kier molecular flexibility index (Phi) is 6.74. The van der Waals surface area contributed by atoms with Crippen LogP contribution in [0, 0.1) is 6.92 Å². The van der Waals surface area contributed by atoms with Gasteiger partial charge < -0.3 is 4.74 Å². The molecule has 1 amide bonds. The summed E-state index contributed by atoms with van der Waals surface area (Å²) in [6.45, 7) is 6.82. The molecule has 0 radical (unpaired) electrons. The molecule has 0 aliphatic heterocycles. The van der Waals surface area contributed by atoms with Crippen LogP contribution in [0.25, 0.3) is 0 Å². The number of carbonyl (C=O) groups excluding carboxylic acids is 1. The molecule has 3 aromatic rings. The summed E-state index contributed by atoms with van der Waals surface area (Å²) in [6.07, 6.45) is 4.92. The third kappa shape index (κ3) is 5.75. The first-order chi connectivity index (χ1) is 14.0. The lowest BCUT2D eigenvalue weighted by molar-refractivity contribution is 0.0955. The summed E-state index contributed by atoms with van der Waals surface area (Å²) in [5.74, 6) is 1.04. The molecule has 0 saturated carbocycles. The van der Waals surface area contributed by atoms with Crippen molar-refractivity contribution < 1.29 is 9.53 Å². The number of benzene rings is 2. The van der Waals surface area contributed by atoms with Gasteiger partial charge in [-0.2, -0.15) is 5.10 Å². The molecule has 0 spiro atoms. The van der Waals surface area contributed by atoms with Crippen LogP contribution in [0.15, 0.2) is 72.1 Å². The van der Waals surface area contributed by atoms with Crippen molar-refractivity contribution in [3.63, 3.8) is 0 Å². The van der Waals surface area contributed by atoms with Crippen molar-refractivity contribution in [2.75, 3.05) is 0 Å². The number of rotatable bonds is 7. The zero-order valence-electron chi connectivity index (χ0n) is 16.9. The highest BCUT2D eigenvalue weighted by Crippen LogP contribution is 2.28. The molecule has 1 aromatic heterocycles. The first kappa shape index (κ1) is 20.3. The molecular formula is C24H25N3O2. The normalized spacial score (nSPS) is 11.0. The van der Waals surface area contributed by atoms with E-state index in [1.807, 2.05) is 24.3 Å². The molecule has 0 aliphatic carbocycles. The average Bonchev–Trinajstić information content (AvgIpc) is 2.73. The fraction of sp³-hybridized carbons (Fsp3) is 0.208. The molecule has 148 valence electrons. The van der Waals surface area contributed by atoms with Gasteiger partial charge in [0.05, 0.1) is 6.21 Å². The lowest BCUT2D eigenvalue weighted by atomic mass is 10.0. The molecule has 1 heterocycles. The highest BCUT2D eigenvalue weighted by atomic mass is 16.5. The maximum absolute atomic E-state index is 12.2. The monoisotopic (exact) mass is 387 g/mol. The standard InChI is InChI=1S/C24H25N3O2/c1-17(2)22-9-4-18(3)14-23(22)29-16-20-5-7-21(8-6-20)24(28)27-26-15-19-10-12-25-13-11-19/h4-15,17H,16H2,1-3H3,(H,27,28)/b26-15-. The summed E-state index contributed by atoms with van der Waals surface area (Å²) in [5.41, 5.74) is 7.30. The maximum Gasteiger partial charge on any atom is 0.271 e. The van der Waals surface area contributed by atoms with Gasteiger partial charge >= 0.3 is 0 Å². The van der Waals surface area contributed by atoms with Gasteiger partial charge in [0.2, 0.25) is 0 Å². The first-order valence-corrected chi connectivity index (χ1v) is 9.58. The van der Waals surface area contributed by atoms with E-state index in [9.17, 15) is 4.79 Å². The van der Waals surface area contributed by atoms with Crippen molar-refractivity contribution in [1.82, 2.24) is 10.4 Å². The van der Waals surface area contributed by atoms with Crippen LogP contribution in [0.5, 0.6) is 5.75 Å². The molecule has 1 N–H and O–H groups in total. The Bertz CT molecular complexity index is 981. The quantitative estimate of drug-likeness (QED) is 0.465. The Morgan fingerprint density at radius 1 is 1.10 bits per heavy atom. The molecule has 0 unspecified atom stereocenters. The summed E-state index contributed by atoms with van der Waals surface area (Å²) >= 11 is 0. The van der Waals surface area contributed by atoms with E-state index in [2.05, 4.69) is 54.5 Å². The van der Waals surface area contributed by atoms with Crippen molar-refractivity contribution in [3.8, 4) is 5.75 Å². The number of amides is 1. The third-order valence-corrected chi connectivity index (χ3v) is 4.49. The van der Waals surface area contributed by atoms with Crippen LogP contribution in [-0.4, -0.2) is 17.1 Å². The van der Waals surface area contributed by atoms with E-state index >= 15 is 0 Å². The minimum absolute atomic E-state index is 0.261. The molecule has 3 rings (SSSR count). The summed E-state index contributed by atoms with van der Waals surface area (Å²) < 4.78 is 6.05. The first-order valence-electron chi connectivity index (χ1n) is 9.58. The molecule has 0 atom stereocenters. The minimum atomic E-state index is -0.261. The van der Waals surface area contributed by atoms with Crippen molar-refractivity contribution in [3.05, 3.63) is 94.8 Å². The summed E-state index contributed by atoms with van der Waals surface area (Å²) in [5, 5.41) is 3.97. The number of hydrogen-bond acceptors (Lipinski definition) is 4. The molecule has 0 bridgehead atoms. The van der Waals surface area contributed by atoms with Gasteiger partial charge in [0.25, 0.3) is 5.91 Å². The van der Waals surface area contributed by atoms with E-state index in [1.54, 1.807) is 30.7 Å². The van der Waals surface area contributed by atoms with Crippen LogP contribution < -0.4 is 10.2 Å². The van der Waals surface area contributed by atoms with Gasteiger partial charge in [0.1, 0.15) is 12.4 Å². The van der Waals surface area contributed by atoms with Crippen LogP contribution in [-0.2, 0) is 6.61 Å². The van der Waals surface area contributed by atoms with Crippen LogP contribution in [0.4, 0.5) is 0 Å². The average molecular weight is 387 g/mol. The number of ether oxygens (including phenoxy) is 1. The smallest absolute Gasteiger partial charge is 0.271 e. The Labute approximate surface area is 171 Å². The second-order valence-electron chi connectivity index (χ2n) is 7.16. The van der Waals surface area contributed by atoms with Crippen LogP contribution in [0.2, 0.25) is 0 Å². The van der Waals surface area contributed by atoms with Crippen LogP contribution in [0.1, 0.15) is 52.4 Å². The molecule has 0 saturated heterocycles. The van der Waals surface area contributed by atoms with Gasteiger partial charge in [0, 0.05) is 18.0 Å². The van der Waals surface area contributed by atoms with E-state index in [0.717, 1.165) is 16.9 Å². The predicted octanol–water partition coefficient (Wildman–Crippen LogP) is 4.86. The van der Waals surface area contributed by atoms with E-state index in [4.69, 9.17) is 4.74 Å². The summed E-state index contributed by atoms with van der Waals surface area (Å²) in [7, 11) is 0. The fourth-order valence-corrected chi connectivity index (χ4v) is 2.84. The van der Waals surface area contributed by atoms with Crippen molar-refractivity contribution in [2.24, 2.45) is 5.10 Å². The van der Waals surface area contributed by atoms with Gasteiger partial charge in [-0.15, -0.1) is 0 Å². The fourth-order valence-electron chi connectivity index (χ4n) is 2.84. The van der Waals surface area contributed by atoms with E-state index in [1.165, 1.54) is 11.1 Å². The third-order valence-electron chi connectivity index (χ3n) is 4.49. The van der Waals surface area contributed by atoms with Crippen molar-refractivity contribution in [2.45, 2.75) is 33.3 Å². The Morgan fingerprint density at radius 3 is 2.52 bits per heavy atom. The van der Waals surface area contributed by atoms with Crippen molar-refractivity contribution >= 4 is 12.1 Å². The minimum Gasteiger partial charge on any atom is -0.489 e. The number of nitrogens with one attached hydrogen (secondary N) is 1. The van der Waals surface area contributed by atoms with E-state index in [0.29, 0.717) is 18.1 Å². The van der Waals surface area contributed by atoms with Gasteiger partial charge in [-0.3, -0.25) is 9.78 Å². The number of aryl methyl sites for hydroxylation is 1. The Morgan fingerprint density at radius 2 is 1.83 bits per heavy atom. The van der Waals surface area contributed by atoms with Crippen LogP contribution in [0.3, 0.4) is 0 Å². The number of nitrogens with zero attached hydrogens (tertiary/aromatic N) is 2. The van der Waals surface area contributed by atoms with Gasteiger partial charge in [-0.25, -0.2) is 5.43 Å². The van der Waals surface area contributed by atoms with E-state index in [-0.39, 0.29) is 5.91 Å².